The number of nitrogens with zero attached hydrogens (tertiary/aromatic N) is 2. The van der Waals surface area contributed by atoms with Crippen molar-refractivity contribution in [1.82, 2.24) is 10.2 Å². The highest BCUT2D eigenvalue weighted by Gasteiger charge is 2.20. The molecule has 1 unspecified atom stereocenters. The van der Waals surface area contributed by atoms with Crippen LogP contribution in [0.2, 0.25) is 5.02 Å². The molecule has 0 radical (unpaired) electrons. The first-order valence-electron chi connectivity index (χ1n) is 7.09. The first kappa shape index (κ1) is 15.2. The van der Waals surface area contributed by atoms with E-state index in [0.717, 1.165) is 37.7 Å². The van der Waals surface area contributed by atoms with Gasteiger partial charge in [-0.2, -0.15) is 0 Å². The summed E-state index contributed by atoms with van der Waals surface area (Å²) in [4.78, 5) is 4.92. The van der Waals surface area contributed by atoms with Gasteiger partial charge in [0.1, 0.15) is 0 Å². The summed E-state index contributed by atoms with van der Waals surface area (Å²) in [7, 11) is 0. The Morgan fingerprint density at radius 2 is 1.90 bits per heavy atom. The molecule has 108 valence electrons. The first-order valence-corrected chi connectivity index (χ1v) is 7.47. The van der Waals surface area contributed by atoms with E-state index in [-0.39, 0.29) is 0 Å². The predicted octanol–water partition coefficient (Wildman–Crippen LogP) is 2.07. The molecule has 1 saturated heterocycles. The maximum absolute atomic E-state index is 5.93. The Labute approximate surface area is 126 Å². The molecule has 1 heterocycles. The number of rotatable bonds is 5. The van der Waals surface area contributed by atoms with Crippen LogP contribution in [-0.2, 0) is 0 Å². The zero-order chi connectivity index (χ0) is 14.4. The molecule has 4 heteroatoms. The van der Waals surface area contributed by atoms with Gasteiger partial charge in [0.05, 0.1) is 6.54 Å². The molecular weight excluding hydrogens is 270 g/mol. The molecule has 1 atom stereocenters. The smallest absolute Gasteiger partial charge is 0.0574 e. The average molecular weight is 292 g/mol. The Hall–Kier alpha value is -1.21. The van der Waals surface area contributed by atoms with Crippen LogP contribution in [0.5, 0.6) is 0 Å². The van der Waals surface area contributed by atoms with Gasteiger partial charge in [0.2, 0.25) is 0 Å². The molecule has 1 fully saturated rings. The summed E-state index contributed by atoms with van der Waals surface area (Å²) in [6.45, 7) is 8.13. The standard InChI is InChI=1S/C16H22ClN3/c1-3-8-18-13-14(2)19-9-11-20(12-10-19)16-6-4-15(17)5-7-16/h1,4-7,14,18H,8-13H2,2H3. The van der Waals surface area contributed by atoms with E-state index in [9.17, 15) is 0 Å². The van der Waals surface area contributed by atoms with Crippen molar-refractivity contribution >= 4 is 17.3 Å². The number of benzene rings is 1. The highest BCUT2D eigenvalue weighted by atomic mass is 35.5. The Balaban J connectivity index is 1.80. The van der Waals surface area contributed by atoms with Crippen LogP contribution in [0.25, 0.3) is 0 Å². The van der Waals surface area contributed by atoms with E-state index >= 15 is 0 Å². The summed E-state index contributed by atoms with van der Waals surface area (Å²) in [5.41, 5.74) is 1.26. The molecule has 20 heavy (non-hydrogen) atoms. The topological polar surface area (TPSA) is 18.5 Å². The number of hydrogen-bond acceptors (Lipinski definition) is 3. The number of nitrogens with one attached hydrogen (secondary N) is 1. The van der Waals surface area contributed by atoms with Gasteiger partial charge in [0, 0.05) is 49.5 Å². The zero-order valence-corrected chi connectivity index (χ0v) is 12.7. The summed E-state index contributed by atoms with van der Waals surface area (Å²) in [5.74, 6) is 2.61. The largest absolute Gasteiger partial charge is 0.369 e. The summed E-state index contributed by atoms with van der Waals surface area (Å²) in [6.07, 6.45) is 5.24. The van der Waals surface area contributed by atoms with Crippen LogP contribution >= 0.6 is 11.6 Å². The molecule has 2 rings (SSSR count). The maximum atomic E-state index is 5.93. The van der Waals surface area contributed by atoms with Crippen molar-refractivity contribution in [3.8, 4) is 12.3 Å². The van der Waals surface area contributed by atoms with E-state index in [1.165, 1.54) is 5.69 Å². The van der Waals surface area contributed by atoms with Crippen LogP contribution in [0.1, 0.15) is 6.92 Å². The lowest BCUT2D eigenvalue weighted by atomic mass is 10.2. The number of hydrogen-bond donors (Lipinski definition) is 1. The molecular formula is C16H22ClN3. The second-order valence-electron chi connectivity index (χ2n) is 5.18. The fraction of sp³-hybridized carbons (Fsp3) is 0.500. The van der Waals surface area contributed by atoms with Gasteiger partial charge in [-0.3, -0.25) is 4.90 Å². The molecule has 0 amide bonds. The third kappa shape index (κ3) is 4.14. The van der Waals surface area contributed by atoms with Crippen molar-refractivity contribution in [3.63, 3.8) is 0 Å². The van der Waals surface area contributed by atoms with Gasteiger partial charge in [-0.15, -0.1) is 6.42 Å². The predicted molar refractivity (Wildman–Crippen MR) is 86.4 cm³/mol. The van der Waals surface area contributed by atoms with Gasteiger partial charge < -0.3 is 10.2 Å². The lowest BCUT2D eigenvalue weighted by Gasteiger charge is -2.39. The molecule has 0 spiro atoms. The number of piperazine rings is 1. The van der Waals surface area contributed by atoms with Crippen molar-refractivity contribution < 1.29 is 0 Å². The minimum absolute atomic E-state index is 0.524. The van der Waals surface area contributed by atoms with Crippen molar-refractivity contribution in [1.29, 1.82) is 0 Å². The average Bonchev–Trinajstić information content (AvgIpc) is 2.48. The van der Waals surface area contributed by atoms with Crippen LogP contribution in [0.4, 0.5) is 5.69 Å². The Morgan fingerprint density at radius 3 is 2.50 bits per heavy atom. The van der Waals surface area contributed by atoms with Crippen molar-refractivity contribution in [2.75, 3.05) is 44.2 Å². The maximum Gasteiger partial charge on any atom is 0.0574 e. The van der Waals surface area contributed by atoms with Crippen LogP contribution in [0.3, 0.4) is 0 Å². The minimum Gasteiger partial charge on any atom is -0.369 e. The van der Waals surface area contributed by atoms with Gasteiger partial charge in [-0.05, 0) is 31.2 Å². The minimum atomic E-state index is 0.524. The summed E-state index contributed by atoms with van der Waals surface area (Å²) in [6, 6.07) is 8.62. The van der Waals surface area contributed by atoms with Crippen LogP contribution < -0.4 is 10.2 Å². The Kier molecular flexibility index (Phi) is 5.72. The van der Waals surface area contributed by atoms with Crippen LogP contribution in [0.15, 0.2) is 24.3 Å². The van der Waals surface area contributed by atoms with Gasteiger partial charge in [-0.25, -0.2) is 0 Å². The first-order chi connectivity index (χ1) is 9.70. The van der Waals surface area contributed by atoms with Gasteiger partial charge >= 0.3 is 0 Å². The van der Waals surface area contributed by atoms with Crippen molar-refractivity contribution in [2.24, 2.45) is 0 Å². The van der Waals surface area contributed by atoms with E-state index in [2.05, 4.69) is 40.1 Å². The van der Waals surface area contributed by atoms with Crippen LogP contribution in [-0.4, -0.2) is 50.2 Å². The summed E-state index contributed by atoms with van der Waals surface area (Å²) in [5, 5.41) is 4.07. The monoisotopic (exact) mass is 291 g/mol. The number of halogens is 1. The van der Waals surface area contributed by atoms with E-state index in [1.54, 1.807) is 0 Å². The molecule has 0 aromatic heterocycles. The van der Waals surface area contributed by atoms with Gasteiger partial charge in [0.25, 0.3) is 0 Å². The molecule has 1 aromatic carbocycles. The molecule has 1 aromatic rings. The molecule has 3 nitrogen and oxygen atoms in total. The van der Waals surface area contributed by atoms with Crippen molar-refractivity contribution in [2.45, 2.75) is 13.0 Å². The highest BCUT2D eigenvalue weighted by molar-refractivity contribution is 6.30. The number of terminal acetylenes is 1. The molecule has 1 aliphatic rings. The van der Waals surface area contributed by atoms with Crippen LogP contribution in [0, 0.1) is 12.3 Å². The fourth-order valence-corrected chi connectivity index (χ4v) is 2.68. The van der Waals surface area contributed by atoms with E-state index in [4.69, 9.17) is 18.0 Å². The second-order valence-corrected chi connectivity index (χ2v) is 5.62. The molecule has 0 aliphatic carbocycles. The fourth-order valence-electron chi connectivity index (χ4n) is 2.56. The van der Waals surface area contributed by atoms with E-state index < -0.39 is 0 Å². The lowest BCUT2D eigenvalue weighted by Crippen LogP contribution is -2.52. The summed E-state index contributed by atoms with van der Waals surface area (Å²) < 4.78 is 0. The molecule has 1 N–H and O–H groups in total. The number of anilines is 1. The molecule has 0 saturated carbocycles. The summed E-state index contributed by atoms with van der Waals surface area (Å²) >= 11 is 5.93. The quantitative estimate of drug-likeness (QED) is 0.662. The normalized spacial score (nSPS) is 17.8. The van der Waals surface area contributed by atoms with Gasteiger partial charge in [-0.1, -0.05) is 17.5 Å². The highest BCUT2D eigenvalue weighted by Crippen LogP contribution is 2.19. The zero-order valence-electron chi connectivity index (χ0n) is 12.0. The third-order valence-corrected chi connectivity index (χ3v) is 4.05. The third-order valence-electron chi connectivity index (χ3n) is 3.80. The Morgan fingerprint density at radius 1 is 1.25 bits per heavy atom. The van der Waals surface area contributed by atoms with E-state index in [1.807, 2.05) is 12.1 Å². The Bertz CT molecular complexity index is 444. The SMILES string of the molecule is C#CCNCC(C)N1CCN(c2ccc(Cl)cc2)CC1. The second kappa shape index (κ2) is 7.54. The molecule has 1 aliphatic heterocycles. The van der Waals surface area contributed by atoms with Crippen molar-refractivity contribution in [3.05, 3.63) is 29.3 Å². The van der Waals surface area contributed by atoms with E-state index in [0.29, 0.717) is 12.6 Å². The lowest BCUT2D eigenvalue weighted by molar-refractivity contribution is 0.194. The van der Waals surface area contributed by atoms with Gasteiger partial charge in [0.15, 0.2) is 0 Å². The molecule has 0 bridgehead atoms.